The van der Waals surface area contributed by atoms with Gasteiger partial charge in [0, 0.05) is 24.6 Å². The summed E-state index contributed by atoms with van der Waals surface area (Å²) in [6, 6.07) is 5.98. The molecule has 1 aromatic rings. The number of carbonyl (C=O) groups is 2. The summed E-state index contributed by atoms with van der Waals surface area (Å²) in [6.45, 7) is 5.48. The number of carbonyl (C=O) groups excluding carboxylic acids is 1. The van der Waals surface area contributed by atoms with E-state index in [0.717, 1.165) is 31.2 Å². The number of carboxylic acid groups (broad SMARTS) is 1. The Balaban J connectivity index is 1.52. The number of halogens is 1. The smallest absolute Gasteiger partial charge is 0.305 e. The van der Waals surface area contributed by atoms with Crippen LogP contribution in [-0.4, -0.2) is 35.0 Å². The van der Waals surface area contributed by atoms with Crippen molar-refractivity contribution < 1.29 is 19.4 Å². The minimum atomic E-state index is -0.889. The molecular formula is C25H32ClNO4. The zero-order valence-electron chi connectivity index (χ0n) is 18.5. The number of amides is 1. The van der Waals surface area contributed by atoms with Gasteiger partial charge in [-0.15, -0.1) is 0 Å². The predicted octanol–water partition coefficient (Wildman–Crippen LogP) is 5.56. The molecule has 4 rings (SSSR count). The summed E-state index contributed by atoms with van der Waals surface area (Å²) in [5.74, 6) is 0.388. The van der Waals surface area contributed by atoms with Crippen LogP contribution in [0.1, 0.15) is 70.8 Å². The van der Waals surface area contributed by atoms with E-state index < -0.39 is 5.97 Å². The van der Waals surface area contributed by atoms with E-state index in [1.807, 2.05) is 18.3 Å². The third-order valence-corrected chi connectivity index (χ3v) is 7.50. The minimum absolute atomic E-state index is 0.0176. The van der Waals surface area contributed by atoms with Crippen molar-refractivity contribution in [2.24, 2.45) is 11.3 Å². The molecule has 1 aromatic carbocycles. The standard InChI is InChI=1S/C25H32ClNO4/c1-24(2)12-17(13-24)16-31-21-7-6-18(11-20(21)26)25-9-4-3-5-19(25)15-27(22(28)14-25)10-8-23(29)30/h6-7,11,15,17H,3-5,8-10,12-14,16H2,1-2H3,(H,29,30). The van der Waals surface area contributed by atoms with E-state index in [2.05, 4.69) is 19.9 Å². The van der Waals surface area contributed by atoms with E-state index in [9.17, 15) is 9.59 Å². The fourth-order valence-electron chi connectivity index (χ4n) is 5.73. The molecule has 1 atom stereocenters. The van der Waals surface area contributed by atoms with E-state index >= 15 is 0 Å². The first-order valence-corrected chi connectivity index (χ1v) is 11.7. The molecule has 1 aliphatic heterocycles. The number of hydrogen-bond acceptors (Lipinski definition) is 3. The summed E-state index contributed by atoms with van der Waals surface area (Å²) in [4.78, 5) is 25.4. The summed E-state index contributed by atoms with van der Waals surface area (Å²) in [5, 5.41) is 9.58. The van der Waals surface area contributed by atoms with Crippen molar-refractivity contribution in [3.05, 3.63) is 40.6 Å². The van der Waals surface area contributed by atoms with Crippen molar-refractivity contribution >= 4 is 23.5 Å². The average Bonchev–Trinajstić information content (AvgIpc) is 2.69. The molecule has 1 unspecified atom stereocenters. The first-order valence-electron chi connectivity index (χ1n) is 11.3. The molecule has 1 amide bonds. The number of hydrogen-bond donors (Lipinski definition) is 1. The molecule has 0 spiro atoms. The molecule has 168 valence electrons. The lowest BCUT2D eigenvalue weighted by Crippen LogP contribution is -2.44. The third kappa shape index (κ3) is 4.62. The molecule has 1 heterocycles. The summed E-state index contributed by atoms with van der Waals surface area (Å²) < 4.78 is 6.03. The highest BCUT2D eigenvalue weighted by Crippen LogP contribution is 2.50. The van der Waals surface area contributed by atoms with E-state index in [-0.39, 0.29) is 24.3 Å². The Labute approximate surface area is 189 Å². The molecule has 6 heteroatoms. The van der Waals surface area contributed by atoms with Gasteiger partial charge in [-0.3, -0.25) is 9.59 Å². The van der Waals surface area contributed by atoms with Gasteiger partial charge >= 0.3 is 5.97 Å². The Bertz CT molecular complexity index is 901. The van der Waals surface area contributed by atoms with E-state index in [1.165, 1.54) is 18.4 Å². The van der Waals surface area contributed by atoms with Crippen molar-refractivity contribution in [3.8, 4) is 5.75 Å². The highest BCUT2D eigenvalue weighted by molar-refractivity contribution is 6.32. The fourth-order valence-corrected chi connectivity index (χ4v) is 5.97. The lowest BCUT2D eigenvalue weighted by molar-refractivity contribution is -0.138. The van der Waals surface area contributed by atoms with Crippen LogP contribution in [0, 0.1) is 11.3 Å². The SMILES string of the molecule is CC1(C)CC(COc2ccc(C34CCCCC3=CN(CCC(=O)O)C(=O)C4)cc2Cl)C1. The van der Waals surface area contributed by atoms with Gasteiger partial charge in [0.25, 0.3) is 0 Å². The van der Waals surface area contributed by atoms with E-state index in [1.54, 1.807) is 4.90 Å². The summed E-state index contributed by atoms with van der Waals surface area (Å²) >= 11 is 6.62. The molecule has 2 aliphatic carbocycles. The Hall–Kier alpha value is -2.01. The highest BCUT2D eigenvalue weighted by Gasteiger charge is 2.44. The third-order valence-electron chi connectivity index (χ3n) is 7.21. The van der Waals surface area contributed by atoms with Gasteiger partial charge in [0.05, 0.1) is 18.1 Å². The monoisotopic (exact) mass is 445 g/mol. The second-order valence-electron chi connectivity index (χ2n) is 10.2. The number of rotatable bonds is 7. The average molecular weight is 446 g/mol. The summed E-state index contributed by atoms with van der Waals surface area (Å²) in [6.07, 6.45) is 8.57. The molecule has 31 heavy (non-hydrogen) atoms. The maximum Gasteiger partial charge on any atom is 0.305 e. The van der Waals surface area contributed by atoms with Crippen molar-refractivity contribution in [1.29, 1.82) is 0 Å². The molecule has 3 aliphatic rings. The van der Waals surface area contributed by atoms with Gasteiger partial charge in [0.15, 0.2) is 0 Å². The van der Waals surface area contributed by atoms with Crippen LogP contribution in [0.15, 0.2) is 30.0 Å². The van der Waals surface area contributed by atoms with Gasteiger partial charge in [0.2, 0.25) is 5.91 Å². The topological polar surface area (TPSA) is 66.8 Å². The van der Waals surface area contributed by atoms with Crippen molar-refractivity contribution in [1.82, 2.24) is 4.90 Å². The van der Waals surface area contributed by atoms with E-state index in [4.69, 9.17) is 21.4 Å². The number of carboxylic acids is 1. The summed E-state index contributed by atoms with van der Waals surface area (Å²) in [5.41, 5.74) is 2.36. The molecule has 0 radical (unpaired) electrons. The van der Waals surface area contributed by atoms with Gasteiger partial charge in [-0.25, -0.2) is 0 Å². The minimum Gasteiger partial charge on any atom is -0.492 e. The van der Waals surface area contributed by atoms with Crippen LogP contribution in [0.25, 0.3) is 0 Å². The van der Waals surface area contributed by atoms with Crippen LogP contribution in [0.3, 0.4) is 0 Å². The molecule has 0 saturated heterocycles. The molecule has 1 N–H and O–H groups in total. The second-order valence-corrected chi connectivity index (χ2v) is 10.7. The van der Waals surface area contributed by atoms with Gasteiger partial charge in [-0.05, 0) is 66.7 Å². The van der Waals surface area contributed by atoms with Crippen molar-refractivity contribution in [2.75, 3.05) is 13.2 Å². The number of allylic oxidation sites excluding steroid dienone is 1. The van der Waals surface area contributed by atoms with Crippen LogP contribution >= 0.6 is 11.6 Å². The normalized spacial score (nSPS) is 25.5. The summed E-state index contributed by atoms with van der Waals surface area (Å²) in [7, 11) is 0. The fraction of sp³-hybridized carbons (Fsp3) is 0.600. The Morgan fingerprint density at radius 2 is 2.06 bits per heavy atom. The lowest BCUT2D eigenvalue weighted by atomic mass is 9.63. The van der Waals surface area contributed by atoms with Gasteiger partial charge in [0.1, 0.15) is 5.75 Å². The second kappa shape index (κ2) is 8.50. The Morgan fingerprint density at radius 3 is 2.74 bits per heavy atom. The van der Waals surface area contributed by atoms with Gasteiger partial charge in [-0.1, -0.05) is 37.9 Å². The van der Waals surface area contributed by atoms with Crippen LogP contribution in [0.4, 0.5) is 0 Å². The van der Waals surface area contributed by atoms with Crippen LogP contribution in [0.5, 0.6) is 5.75 Å². The Morgan fingerprint density at radius 1 is 1.29 bits per heavy atom. The highest BCUT2D eigenvalue weighted by atomic mass is 35.5. The molecular weight excluding hydrogens is 414 g/mol. The first kappa shape index (κ1) is 22.2. The number of nitrogens with zero attached hydrogens (tertiary/aromatic N) is 1. The number of benzene rings is 1. The van der Waals surface area contributed by atoms with Gasteiger partial charge < -0.3 is 14.7 Å². The zero-order chi connectivity index (χ0) is 22.2. The molecule has 2 saturated carbocycles. The van der Waals surface area contributed by atoms with Gasteiger partial charge in [-0.2, -0.15) is 0 Å². The quantitative estimate of drug-likeness (QED) is 0.596. The molecule has 5 nitrogen and oxygen atoms in total. The van der Waals surface area contributed by atoms with E-state index in [0.29, 0.717) is 35.1 Å². The van der Waals surface area contributed by atoms with Crippen LogP contribution in [0.2, 0.25) is 5.02 Å². The molecule has 0 bridgehead atoms. The first-order chi connectivity index (χ1) is 14.7. The van der Waals surface area contributed by atoms with Crippen molar-refractivity contribution in [3.63, 3.8) is 0 Å². The maximum atomic E-state index is 12.9. The number of fused-ring (bicyclic) bond motifs is 1. The van der Waals surface area contributed by atoms with Crippen LogP contribution < -0.4 is 4.74 Å². The lowest BCUT2D eigenvalue weighted by Gasteiger charge is -2.45. The van der Waals surface area contributed by atoms with Crippen LogP contribution in [-0.2, 0) is 15.0 Å². The maximum absolute atomic E-state index is 12.9. The zero-order valence-corrected chi connectivity index (χ0v) is 19.2. The molecule has 2 fully saturated rings. The number of ether oxygens (including phenoxy) is 1. The number of aliphatic carboxylic acids is 1. The van der Waals surface area contributed by atoms with Crippen molar-refractivity contribution in [2.45, 2.75) is 70.6 Å². The Kier molecular flexibility index (Phi) is 6.08. The largest absolute Gasteiger partial charge is 0.492 e. The molecule has 0 aromatic heterocycles. The predicted molar refractivity (Wildman–Crippen MR) is 120 cm³/mol.